The molecular formula is C14H26N4O2. The van der Waals surface area contributed by atoms with Gasteiger partial charge < -0.3 is 9.47 Å². The summed E-state index contributed by atoms with van der Waals surface area (Å²) in [6, 6.07) is 0.133. The zero-order chi connectivity index (χ0) is 14.7. The minimum atomic E-state index is -0.109. The zero-order valence-electron chi connectivity index (χ0n) is 12.8. The minimum Gasteiger partial charge on any atom is -0.493 e. The Kier molecular flexibility index (Phi) is 5.01. The largest absolute Gasteiger partial charge is 0.493 e. The molecule has 1 fully saturated rings. The van der Waals surface area contributed by atoms with Crippen molar-refractivity contribution in [1.82, 2.24) is 15.2 Å². The maximum Gasteiger partial charge on any atom is 0.161 e. The molecular weight excluding hydrogens is 256 g/mol. The second-order valence-electron chi connectivity index (χ2n) is 5.54. The summed E-state index contributed by atoms with van der Waals surface area (Å²) in [5, 5.41) is 4.42. The lowest BCUT2D eigenvalue weighted by molar-refractivity contribution is 0.0154. The van der Waals surface area contributed by atoms with Crippen LogP contribution in [0.25, 0.3) is 0 Å². The zero-order valence-corrected chi connectivity index (χ0v) is 12.8. The fourth-order valence-electron chi connectivity index (χ4n) is 2.67. The van der Waals surface area contributed by atoms with Gasteiger partial charge in [-0.2, -0.15) is 5.10 Å². The number of aromatic nitrogens is 2. The van der Waals surface area contributed by atoms with Gasteiger partial charge in [0.2, 0.25) is 0 Å². The van der Waals surface area contributed by atoms with E-state index in [2.05, 4.69) is 24.4 Å². The van der Waals surface area contributed by atoms with E-state index in [1.54, 1.807) is 13.3 Å². The fourth-order valence-corrected chi connectivity index (χ4v) is 2.67. The lowest BCUT2D eigenvalue weighted by Crippen LogP contribution is -2.41. The number of hydrazine groups is 1. The van der Waals surface area contributed by atoms with E-state index in [1.807, 2.05) is 11.6 Å². The quantitative estimate of drug-likeness (QED) is 0.562. The van der Waals surface area contributed by atoms with Gasteiger partial charge in [-0.25, -0.2) is 5.43 Å². The second-order valence-corrected chi connectivity index (χ2v) is 5.54. The summed E-state index contributed by atoms with van der Waals surface area (Å²) in [5.74, 6) is 7.15. The average molecular weight is 282 g/mol. The normalized spacial score (nSPS) is 18.3. The van der Waals surface area contributed by atoms with Gasteiger partial charge in [-0.15, -0.1) is 0 Å². The Balaban J connectivity index is 2.36. The molecule has 1 aliphatic rings. The molecule has 1 saturated carbocycles. The molecule has 2 rings (SSSR count). The molecule has 20 heavy (non-hydrogen) atoms. The molecule has 0 bridgehead atoms. The summed E-state index contributed by atoms with van der Waals surface area (Å²) in [4.78, 5) is 0. The Bertz CT molecular complexity index is 429. The third-order valence-electron chi connectivity index (χ3n) is 3.76. The van der Waals surface area contributed by atoms with E-state index in [0.29, 0.717) is 12.5 Å². The molecule has 0 radical (unpaired) electrons. The number of methoxy groups -OCH3 is 1. The predicted octanol–water partition coefficient (Wildman–Crippen LogP) is 1.79. The van der Waals surface area contributed by atoms with Crippen molar-refractivity contribution in [2.45, 2.75) is 51.8 Å². The molecule has 0 aliphatic heterocycles. The maximum atomic E-state index is 5.94. The van der Waals surface area contributed by atoms with Gasteiger partial charge in [0.05, 0.1) is 25.5 Å². The number of nitrogens with zero attached hydrogens (tertiary/aromatic N) is 2. The van der Waals surface area contributed by atoms with Gasteiger partial charge in [-0.3, -0.25) is 10.5 Å². The molecule has 3 N–H and O–H groups in total. The summed E-state index contributed by atoms with van der Waals surface area (Å²) in [6.45, 7) is 6.88. The van der Waals surface area contributed by atoms with Crippen LogP contribution in [0.5, 0.6) is 5.75 Å². The van der Waals surface area contributed by atoms with Crippen molar-refractivity contribution < 1.29 is 9.47 Å². The summed E-state index contributed by atoms with van der Waals surface area (Å²) in [5.41, 5.74) is 3.88. The molecule has 1 aliphatic carbocycles. The smallest absolute Gasteiger partial charge is 0.161 e. The van der Waals surface area contributed by atoms with Crippen LogP contribution in [0.15, 0.2) is 6.20 Å². The van der Waals surface area contributed by atoms with Crippen molar-refractivity contribution in [3.63, 3.8) is 0 Å². The highest BCUT2D eigenvalue weighted by Crippen LogP contribution is 2.42. The summed E-state index contributed by atoms with van der Waals surface area (Å²) in [6.07, 6.45) is 4.20. The van der Waals surface area contributed by atoms with Crippen molar-refractivity contribution in [2.75, 3.05) is 13.7 Å². The molecule has 0 amide bonds. The number of ether oxygens (including phenoxy) is 2. The maximum absolute atomic E-state index is 5.94. The lowest BCUT2D eigenvalue weighted by atomic mass is 10.0. The van der Waals surface area contributed by atoms with Gasteiger partial charge in [0.1, 0.15) is 5.69 Å². The Morgan fingerprint density at radius 3 is 2.65 bits per heavy atom. The molecule has 0 aromatic carbocycles. The van der Waals surface area contributed by atoms with Crippen LogP contribution in [-0.2, 0) is 4.74 Å². The molecule has 2 atom stereocenters. The highest BCUT2D eigenvalue weighted by atomic mass is 16.5. The number of hydrogen-bond acceptors (Lipinski definition) is 5. The van der Waals surface area contributed by atoms with Crippen molar-refractivity contribution in [3.8, 4) is 5.75 Å². The molecule has 0 saturated heterocycles. The van der Waals surface area contributed by atoms with Crippen LogP contribution in [0.2, 0.25) is 0 Å². The van der Waals surface area contributed by atoms with E-state index in [4.69, 9.17) is 15.3 Å². The van der Waals surface area contributed by atoms with Gasteiger partial charge in [-0.05, 0) is 39.5 Å². The Morgan fingerprint density at radius 2 is 2.20 bits per heavy atom. The first kappa shape index (κ1) is 15.3. The third kappa shape index (κ3) is 2.97. The van der Waals surface area contributed by atoms with Crippen LogP contribution in [0.3, 0.4) is 0 Å². The molecule has 2 unspecified atom stereocenters. The van der Waals surface area contributed by atoms with E-state index in [9.17, 15) is 0 Å². The van der Waals surface area contributed by atoms with Crippen LogP contribution in [0.4, 0.5) is 0 Å². The van der Waals surface area contributed by atoms with Gasteiger partial charge in [0, 0.05) is 12.6 Å². The first-order valence-corrected chi connectivity index (χ1v) is 7.33. The number of nitrogens with one attached hydrogen (secondary N) is 1. The fraction of sp³-hybridized carbons (Fsp3) is 0.786. The Hall–Kier alpha value is -1.11. The molecule has 1 aromatic rings. The minimum absolute atomic E-state index is 0.0631. The van der Waals surface area contributed by atoms with Gasteiger partial charge in [0.25, 0.3) is 0 Å². The monoisotopic (exact) mass is 282 g/mol. The van der Waals surface area contributed by atoms with Gasteiger partial charge in [0.15, 0.2) is 5.75 Å². The molecule has 1 heterocycles. The van der Waals surface area contributed by atoms with Crippen molar-refractivity contribution in [3.05, 3.63) is 11.9 Å². The van der Waals surface area contributed by atoms with Crippen LogP contribution < -0.4 is 16.0 Å². The third-order valence-corrected chi connectivity index (χ3v) is 3.76. The average Bonchev–Trinajstić information content (AvgIpc) is 3.18. The van der Waals surface area contributed by atoms with E-state index in [-0.39, 0.29) is 18.2 Å². The number of rotatable bonds is 8. The summed E-state index contributed by atoms with van der Waals surface area (Å²) in [7, 11) is 1.66. The van der Waals surface area contributed by atoms with Crippen molar-refractivity contribution >= 4 is 0 Å². The summed E-state index contributed by atoms with van der Waals surface area (Å²) >= 11 is 0. The predicted molar refractivity (Wildman–Crippen MR) is 77.4 cm³/mol. The highest BCUT2D eigenvalue weighted by Gasteiger charge is 2.40. The first-order chi connectivity index (χ1) is 9.63. The van der Waals surface area contributed by atoms with Gasteiger partial charge >= 0.3 is 0 Å². The highest BCUT2D eigenvalue weighted by molar-refractivity contribution is 5.30. The van der Waals surface area contributed by atoms with Crippen LogP contribution in [0, 0.1) is 5.92 Å². The SMILES string of the molecule is CCOC(C1CC1)C(NN)c1c(OC)cnn1C(C)C. The molecule has 6 heteroatoms. The molecule has 1 aromatic heterocycles. The van der Waals surface area contributed by atoms with Gasteiger partial charge in [-0.1, -0.05) is 0 Å². The Morgan fingerprint density at radius 1 is 1.50 bits per heavy atom. The van der Waals surface area contributed by atoms with E-state index < -0.39 is 0 Å². The molecule has 6 nitrogen and oxygen atoms in total. The van der Waals surface area contributed by atoms with Crippen LogP contribution in [0.1, 0.15) is 51.4 Å². The van der Waals surface area contributed by atoms with E-state index in [0.717, 1.165) is 11.4 Å². The molecule has 114 valence electrons. The number of nitrogens with two attached hydrogens (primary N) is 1. The summed E-state index contributed by atoms with van der Waals surface area (Å²) < 4.78 is 13.3. The van der Waals surface area contributed by atoms with Crippen molar-refractivity contribution in [1.29, 1.82) is 0 Å². The standard InChI is InChI=1S/C14H26N4O2/c1-5-20-14(10-6-7-10)12(17-15)13-11(19-4)8-16-18(13)9(2)3/h8-10,12,14,17H,5-7,15H2,1-4H3. The van der Waals surface area contributed by atoms with E-state index in [1.165, 1.54) is 12.8 Å². The topological polar surface area (TPSA) is 74.3 Å². The second kappa shape index (κ2) is 6.56. The molecule has 0 spiro atoms. The lowest BCUT2D eigenvalue weighted by Gasteiger charge is -2.28. The van der Waals surface area contributed by atoms with Crippen molar-refractivity contribution in [2.24, 2.45) is 11.8 Å². The van der Waals surface area contributed by atoms with Crippen LogP contribution >= 0.6 is 0 Å². The van der Waals surface area contributed by atoms with E-state index >= 15 is 0 Å². The Labute approximate surface area is 120 Å². The first-order valence-electron chi connectivity index (χ1n) is 7.33. The van der Waals surface area contributed by atoms with Crippen LogP contribution in [-0.4, -0.2) is 29.6 Å². The number of hydrogen-bond donors (Lipinski definition) is 2.